The van der Waals surface area contributed by atoms with Gasteiger partial charge in [-0.15, -0.1) is 0 Å². The molecule has 0 aliphatic rings. The van der Waals surface area contributed by atoms with Crippen molar-refractivity contribution < 1.29 is 4.92 Å². The minimum absolute atomic E-state index is 0.173. The predicted octanol–water partition coefficient (Wildman–Crippen LogP) is 1.85. The van der Waals surface area contributed by atoms with Gasteiger partial charge in [-0.05, 0) is 11.6 Å². The molecule has 18 heavy (non-hydrogen) atoms. The molecule has 0 aliphatic heterocycles. The van der Waals surface area contributed by atoms with E-state index in [1.54, 1.807) is 24.5 Å². The fourth-order valence-electron chi connectivity index (χ4n) is 1.49. The molecule has 0 saturated heterocycles. The van der Waals surface area contributed by atoms with Crippen LogP contribution in [-0.4, -0.2) is 14.5 Å². The Kier molecular flexibility index (Phi) is 3.38. The summed E-state index contributed by atoms with van der Waals surface area (Å²) in [6, 6.07) is 4.54. The molecule has 6 nitrogen and oxygen atoms in total. The van der Waals surface area contributed by atoms with E-state index in [0.29, 0.717) is 0 Å². The smallest absolute Gasteiger partial charge is 0.287 e. The van der Waals surface area contributed by atoms with Crippen molar-refractivity contribution in [3.05, 3.63) is 67.8 Å². The third-order valence-electron chi connectivity index (χ3n) is 2.31. The Bertz CT molecular complexity index is 640. The third-order valence-corrected chi connectivity index (χ3v) is 2.59. The summed E-state index contributed by atoms with van der Waals surface area (Å²) in [6.07, 6.45) is 4.35. The fourth-order valence-corrected chi connectivity index (χ4v) is 1.71. The van der Waals surface area contributed by atoms with Crippen molar-refractivity contribution in [1.82, 2.24) is 9.55 Å². The summed E-state index contributed by atoms with van der Waals surface area (Å²) < 4.78 is 1.19. The molecule has 0 fully saturated rings. The minimum Gasteiger partial charge on any atom is -0.303 e. The first-order valence-electron chi connectivity index (χ1n) is 5.01. The van der Waals surface area contributed by atoms with Gasteiger partial charge in [0.25, 0.3) is 11.2 Å². The Hall–Kier alpha value is -2.21. The van der Waals surface area contributed by atoms with Gasteiger partial charge < -0.3 is 4.57 Å². The van der Waals surface area contributed by atoms with E-state index in [9.17, 15) is 14.9 Å². The number of pyridine rings is 2. The topological polar surface area (TPSA) is 78.0 Å². The van der Waals surface area contributed by atoms with Crippen LogP contribution in [0.1, 0.15) is 5.56 Å². The number of hydrogen-bond donors (Lipinski definition) is 0. The summed E-state index contributed by atoms with van der Waals surface area (Å²) in [4.78, 5) is 25.7. The Morgan fingerprint density at radius 2 is 2.28 bits per heavy atom. The van der Waals surface area contributed by atoms with Crippen LogP contribution in [0.4, 0.5) is 5.69 Å². The van der Waals surface area contributed by atoms with E-state index in [1.807, 2.05) is 0 Å². The number of aromatic nitrogens is 2. The maximum atomic E-state index is 11.7. The average molecular weight is 266 g/mol. The highest BCUT2D eigenvalue weighted by atomic mass is 35.5. The summed E-state index contributed by atoms with van der Waals surface area (Å²) in [5.74, 6) is 0. The van der Waals surface area contributed by atoms with Crippen LogP contribution in [0.15, 0.2) is 41.6 Å². The van der Waals surface area contributed by atoms with Crippen LogP contribution in [-0.2, 0) is 6.54 Å². The van der Waals surface area contributed by atoms with Gasteiger partial charge in [0.15, 0.2) is 0 Å². The zero-order valence-corrected chi connectivity index (χ0v) is 9.87. The van der Waals surface area contributed by atoms with Crippen molar-refractivity contribution in [3.8, 4) is 0 Å². The summed E-state index contributed by atoms with van der Waals surface area (Å²) in [5, 5.41) is 10.5. The van der Waals surface area contributed by atoms with Crippen molar-refractivity contribution >= 4 is 17.3 Å². The number of hydrogen-bond acceptors (Lipinski definition) is 4. The van der Waals surface area contributed by atoms with Gasteiger partial charge in [-0.3, -0.25) is 19.9 Å². The molecular weight excluding hydrogens is 258 g/mol. The molecule has 0 amide bonds. The fraction of sp³-hybridized carbons (Fsp3) is 0.0909. The standard InChI is InChI=1S/C11H8ClN3O3/c12-10-4-9(15(17)18)7-14(11(10)16)6-8-2-1-3-13-5-8/h1-5,7H,6H2. The second-order valence-corrected chi connectivity index (χ2v) is 4.00. The quantitative estimate of drug-likeness (QED) is 0.627. The second-order valence-electron chi connectivity index (χ2n) is 3.60. The van der Waals surface area contributed by atoms with Crippen LogP contribution in [0.5, 0.6) is 0 Å². The maximum Gasteiger partial charge on any atom is 0.287 e. The molecule has 0 N–H and O–H groups in total. The van der Waals surface area contributed by atoms with Crippen LogP contribution >= 0.6 is 11.6 Å². The number of rotatable bonds is 3. The summed E-state index contributed by atoms with van der Waals surface area (Å²) in [6.45, 7) is 0.189. The van der Waals surface area contributed by atoms with Gasteiger partial charge in [0, 0.05) is 18.5 Å². The summed E-state index contributed by atoms with van der Waals surface area (Å²) >= 11 is 5.68. The Labute approximate surface area is 107 Å². The third kappa shape index (κ3) is 2.54. The molecule has 2 aromatic heterocycles. The van der Waals surface area contributed by atoms with Crippen LogP contribution < -0.4 is 5.56 Å². The van der Waals surface area contributed by atoms with Crippen LogP contribution in [0.2, 0.25) is 5.02 Å². The molecule has 0 spiro atoms. The molecule has 0 aliphatic carbocycles. The average Bonchev–Trinajstić information content (AvgIpc) is 2.35. The number of nitro groups is 1. The predicted molar refractivity (Wildman–Crippen MR) is 65.7 cm³/mol. The molecule has 0 atom stereocenters. The van der Waals surface area contributed by atoms with Crippen molar-refractivity contribution in [2.45, 2.75) is 6.54 Å². The number of nitrogens with zero attached hydrogens (tertiary/aromatic N) is 3. The lowest BCUT2D eigenvalue weighted by atomic mass is 10.3. The van der Waals surface area contributed by atoms with Crippen LogP contribution in [0.3, 0.4) is 0 Å². The highest BCUT2D eigenvalue weighted by Crippen LogP contribution is 2.14. The highest BCUT2D eigenvalue weighted by Gasteiger charge is 2.12. The largest absolute Gasteiger partial charge is 0.303 e. The van der Waals surface area contributed by atoms with E-state index < -0.39 is 10.5 Å². The second kappa shape index (κ2) is 4.97. The molecule has 0 bridgehead atoms. The molecule has 0 aromatic carbocycles. The Morgan fingerprint density at radius 1 is 1.50 bits per heavy atom. The van der Waals surface area contributed by atoms with E-state index in [1.165, 1.54) is 10.8 Å². The van der Waals surface area contributed by atoms with Gasteiger partial charge in [0.1, 0.15) is 5.02 Å². The summed E-state index contributed by atoms with van der Waals surface area (Å²) in [7, 11) is 0. The molecule has 2 rings (SSSR count). The molecule has 0 saturated carbocycles. The molecular formula is C11H8ClN3O3. The van der Waals surface area contributed by atoms with Gasteiger partial charge >= 0.3 is 0 Å². The SMILES string of the molecule is O=c1c(Cl)cc([N+](=O)[O-])cn1Cc1cccnc1. The van der Waals surface area contributed by atoms with Crippen molar-refractivity contribution in [3.63, 3.8) is 0 Å². The van der Waals surface area contributed by atoms with Gasteiger partial charge in [-0.25, -0.2) is 0 Å². The zero-order chi connectivity index (χ0) is 13.1. The molecule has 2 aromatic rings. The lowest BCUT2D eigenvalue weighted by Crippen LogP contribution is -2.21. The van der Waals surface area contributed by atoms with Gasteiger partial charge in [0.2, 0.25) is 0 Å². The van der Waals surface area contributed by atoms with Gasteiger partial charge in [-0.2, -0.15) is 0 Å². The Morgan fingerprint density at radius 3 is 2.89 bits per heavy atom. The molecule has 0 unspecified atom stereocenters. The van der Waals surface area contributed by atoms with E-state index in [0.717, 1.165) is 11.6 Å². The van der Waals surface area contributed by atoms with Crippen molar-refractivity contribution in [2.75, 3.05) is 0 Å². The van der Waals surface area contributed by atoms with E-state index in [2.05, 4.69) is 4.98 Å². The molecule has 2 heterocycles. The van der Waals surface area contributed by atoms with Crippen LogP contribution in [0, 0.1) is 10.1 Å². The lowest BCUT2D eigenvalue weighted by molar-refractivity contribution is -0.385. The van der Waals surface area contributed by atoms with Gasteiger partial charge in [-0.1, -0.05) is 17.7 Å². The van der Waals surface area contributed by atoms with E-state index >= 15 is 0 Å². The van der Waals surface area contributed by atoms with Gasteiger partial charge in [0.05, 0.1) is 17.7 Å². The number of halogens is 1. The first-order chi connectivity index (χ1) is 8.58. The summed E-state index contributed by atoms with van der Waals surface area (Å²) in [5.41, 5.74) is 0.0748. The first kappa shape index (κ1) is 12.3. The van der Waals surface area contributed by atoms with Crippen LogP contribution in [0.25, 0.3) is 0 Å². The minimum atomic E-state index is -0.592. The zero-order valence-electron chi connectivity index (χ0n) is 9.12. The molecule has 0 radical (unpaired) electrons. The molecule has 7 heteroatoms. The molecule has 92 valence electrons. The monoisotopic (exact) mass is 265 g/mol. The normalized spacial score (nSPS) is 10.3. The first-order valence-corrected chi connectivity index (χ1v) is 5.39. The van der Waals surface area contributed by atoms with Crippen molar-refractivity contribution in [2.24, 2.45) is 0 Å². The van der Waals surface area contributed by atoms with E-state index in [-0.39, 0.29) is 17.3 Å². The van der Waals surface area contributed by atoms with Crippen molar-refractivity contribution in [1.29, 1.82) is 0 Å². The maximum absolute atomic E-state index is 11.7. The lowest BCUT2D eigenvalue weighted by Gasteiger charge is -2.05. The van der Waals surface area contributed by atoms with E-state index in [4.69, 9.17) is 11.6 Å². The Balaban J connectivity index is 2.44. The highest BCUT2D eigenvalue weighted by molar-refractivity contribution is 6.30.